The van der Waals surface area contributed by atoms with Crippen molar-refractivity contribution in [3.63, 3.8) is 0 Å². The summed E-state index contributed by atoms with van der Waals surface area (Å²) >= 11 is 6.77. The summed E-state index contributed by atoms with van der Waals surface area (Å²) in [6.45, 7) is 6.61. The predicted octanol–water partition coefficient (Wildman–Crippen LogP) is 0.723. The molecule has 0 aromatic carbocycles. The number of aldehydes is 1. The minimum atomic E-state index is -1.67. The molecule has 18 heteroatoms. The van der Waals surface area contributed by atoms with Gasteiger partial charge in [-0.05, 0) is 32.8 Å². The number of nitrogens with one attached hydrogen (secondary N) is 2. The van der Waals surface area contributed by atoms with Crippen molar-refractivity contribution < 1.29 is 42.4 Å². The Bertz CT molecular complexity index is 1300. The molecular weight excluding hydrogens is 589 g/mol. The fourth-order valence-electron chi connectivity index (χ4n) is 3.59. The molecule has 1 unspecified atom stereocenters. The zero-order valence-electron chi connectivity index (χ0n) is 21.8. The van der Waals surface area contributed by atoms with Crippen LogP contribution in [0, 0.1) is 0 Å². The summed E-state index contributed by atoms with van der Waals surface area (Å²) in [5, 5.41) is 9.04. The molecule has 2 radical (unpaired) electrons. The molecule has 2 aliphatic rings. The standard InChI is InChI=1S/C22H25BClN5O9S2/c1-5-13(19(33)37-23)38-28-14(11-8-39-20(25-11)27-21(34)36-22(2,3)4)16(31)26-15-17(32)29-12(7-30)10(6-24)9-40(35)18(15)29/h7-8,13,15,18H,5-6,9H2,1-4H3,(H,26,31)(H,25,27,34)/b28-14-/t13-,15+,18+,40?/m0/s1. The number of anilines is 1. The molecule has 3 heterocycles. The number of thiazole rings is 1. The van der Waals surface area contributed by atoms with Gasteiger partial charge in [0, 0.05) is 11.3 Å². The van der Waals surface area contributed by atoms with E-state index in [1.165, 1.54) is 5.38 Å². The average Bonchev–Trinajstić information content (AvgIpc) is 3.34. The van der Waals surface area contributed by atoms with Crippen molar-refractivity contribution in [2.24, 2.45) is 5.16 Å². The van der Waals surface area contributed by atoms with Crippen LogP contribution in [0.15, 0.2) is 21.8 Å². The number of alkyl halides is 1. The summed E-state index contributed by atoms with van der Waals surface area (Å²) in [6, 6.07) is -1.26. The number of β-lactam (4-membered cyclic amide) rings is 1. The van der Waals surface area contributed by atoms with Crippen molar-refractivity contribution in [1.82, 2.24) is 15.2 Å². The first kappa shape index (κ1) is 31.2. The van der Waals surface area contributed by atoms with Crippen LogP contribution in [-0.2, 0) is 44.2 Å². The van der Waals surface area contributed by atoms with Gasteiger partial charge >= 0.3 is 20.1 Å². The summed E-state index contributed by atoms with van der Waals surface area (Å²) in [5.74, 6) is -2.75. The highest BCUT2D eigenvalue weighted by Crippen LogP contribution is 2.34. The van der Waals surface area contributed by atoms with E-state index in [2.05, 4.69) is 25.4 Å². The number of allylic oxidation sites excluding steroid dienone is 1. The topological polar surface area (TPSA) is 183 Å². The molecule has 3 rings (SSSR count). The van der Waals surface area contributed by atoms with Gasteiger partial charge in [-0.3, -0.25) is 28.8 Å². The Labute approximate surface area is 241 Å². The monoisotopic (exact) mass is 613 g/mol. The third-order valence-electron chi connectivity index (χ3n) is 5.40. The molecule has 1 saturated heterocycles. The fraction of sp³-hybridized carbons (Fsp3) is 0.500. The number of hydrogen-bond acceptors (Lipinski definition) is 12. The van der Waals surface area contributed by atoms with Crippen LogP contribution in [0.25, 0.3) is 0 Å². The quantitative estimate of drug-likeness (QED) is 0.0952. The average molecular weight is 614 g/mol. The van der Waals surface area contributed by atoms with Crippen LogP contribution in [0.1, 0.15) is 39.8 Å². The Balaban J connectivity index is 1.87. The van der Waals surface area contributed by atoms with E-state index >= 15 is 0 Å². The number of carbonyl (C=O) groups excluding carboxylic acids is 5. The molecule has 1 aromatic rings. The first-order chi connectivity index (χ1) is 18.8. The van der Waals surface area contributed by atoms with E-state index in [1.807, 2.05) is 0 Å². The number of ether oxygens (including phenoxy) is 1. The van der Waals surface area contributed by atoms with E-state index in [9.17, 15) is 28.2 Å². The van der Waals surface area contributed by atoms with Crippen LogP contribution >= 0.6 is 22.9 Å². The molecule has 3 amide bonds. The molecular formula is C22H25BClN5O9S2. The van der Waals surface area contributed by atoms with Crippen molar-refractivity contribution in [3.05, 3.63) is 22.3 Å². The predicted molar refractivity (Wildman–Crippen MR) is 145 cm³/mol. The number of oxime groups is 1. The van der Waals surface area contributed by atoms with Gasteiger partial charge in [-0.25, -0.2) is 14.6 Å². The molecule has 214 valence electrons. The Kier molecular flexibility index (Phi) is 10.1. The third kappa shape index (κ3) is 6.87. The largest absolute Gasteiger partial charge is 0.541 e. The van der Waals surface area contributed by atoms with E-state index in [0.29, 0.717) is 11.9 Å². The number of fused-ring (bicyclic) bond motifs is 1. The van der Waals surface area contributed by atoms with Crippen LogP contribution in [0.2, 0.25) is 0 Å². The van der Waals surface area contributed by atoms with E-state index in [1.54, 1.807) is 27.7 Å². The normalized spacial score (nSPS) is 21.5. The Morgan fingerprint density at radius 2 is 2.10 bits per heavy atom. The van der Waals surface area contributed by atoms with Crippen LogP contribution < -0.4 is 10.6 Å². The maximum absolute atomic E-state index is 13.3. The first-order valence-electron chi connectivity index (χ1n) is 11.7. The van der Waals surface area contributed by atoms with E-state index < -0.39 is 63.5 Å². The molecule has 0 bridgehead atoms. The number of carbonyl (C=O) groups is 5. The fourth-order valence-corrected chi connectivity index (χ4v) is 6.32. The smallest absolute Gasteiger partial charge is 0.413 e. The van der Waals surface area contributed by atoms with Crippen molar-refractivity contribution in [2.45, 2.75) is 57.2 Å². The zero-order valence-corrected chi connectivity index (χ0v) is 24.2. The van der Waals surface area contributed by atoms with Gasteiger partial charge in [0.1, 0.15) is 22.7 Å². The number of hydrogen-bond donors (Lipinski definition) is 2. The van der Waals surface area contributed by atoms with Gasteiger partial charge < -0.3 is 19.5 Å². The lowest BCUT2D eigenvalue weighted by molar-refractivity contribution is -0.147. The number of aromatic nitrogens is 1. The van der Waals surface area contributed by atoms with Crippen molar-refractivity contribution in [1.29, 1.82) is 0 Å². The first-order valence-corrected chi connectivity index (χ1v) is 14.5. The highest BCUT2D eigenvalue weighted by atomic mass is 35.5. The van der Waals surface area contributed by atoms with Gasteiger partial charge in [-0.1, -0.05) is 12.1 Å². The molecule has 2 aliphatic heterocycles. The number of rotatable bonds is 10. The van der Waals surface area contributed by atoms with Gasteiger partial charge in [-0.15, -0.1) is 22.9 Å². The Hall–Kier alpha value is -3.31. The van der Waals surface area contributed by atoms with Crippen molar-refractivity contribution >= 4 is 82.8 Å². The molecule has 14 nitrogen and oxygen atoms in total. The number of nitrogens with zero attached hydrogens (tertiary/aromatic N) is 3. The molecule has 0 spiro atoms. The summed E-state index contributed by atoms with van der Waals surface area (Å²) in [7, 11) is 3.25. The summed E-state index contributed by atoms with van der Waals surface area (Å²) < 4.78 is 22.2. The Morgan fingerprint density at radius 3 is 2.67 bits per heavy atom. The van der Waals surface area contributed by atoms with Crippen molar-refractivity contribution in [2.75, 3.05) is 16.9 Å². The minimum Gasteiger partial charge on any atom is -0.541 e. The number of amides is 3. The van der Waals surface area contributed by atoms with E-state index in [4.69, 9.17) is 29.2 Å². The lowest BCUT2D eigenvalue weighted by atomic mass is 10.0. The second-order valence-corrected chi connectivity index (χ2v) is 12.0. The number of halogens is 1. The minimum absolute atomic E-state index is 0.00997. The Morgan fingerprint density at radius 1 is 1.40 bits per heavy atom. The molecule has 1 aromatic heterocycles. The lowest BCUT2D eigenvalue weighted by Gasteiger charge is -2.48. The van der Waals surface area contributed by atoms with E-state index in [0.717, 1.165) is 16.2 Å². The molecule has 4 atom stereocenters. The second kappa shape index (κ2) is 12.9. The molecule has 2 N–H and O–H groups in total. The van der Waals surface area contributed by atoms with E-state index in [-0.39, 0.29) is 34.6 Å². The van der Waals surface area contributed by atoms with Crippen molar-refractivity contribution in [3.8, 4) is 0 Å². The third-order valence-corrected chi connectivity index (χ3v) is 8.14. The highest BCUT2D eigenvalue weighted by molar-refractivity contribution is 7.86. The molecule has 0 aliphatic carbocycles. The SMILES string of the molecule is [B]OC(=O)[C@H](CC)O/N=C(\C(=O)N[C@@H]1C(=O)N2C(C=O)=C(CCl)CS(=O)[C@H]12)c1csc(NC(=O)OC(C)(C)C)n1. The zero-order chi connectivity index (χ0) is 29.8. The maximum atomic E-state index is 13.3. The van der Waals surface area contributed by atoms with Crippen LogP contribution in [0.5, 0.6) is 0 Å². The van der Waals surface area contributed by atoms with Gasteiger partial charge in [0.15, 0.2) is 17.1 Å². The van der Waals surface area contributed by atoms with Gasteiger partial charge in [-0.2, -0.15) is 0 Å². The molecule has 0 saturated carbocycles. The highest BCUT2D eigenvalue weighted by Gasteiger charge is 2.55. The van der Waals surface area contributed by atoms with Crippen LogP contribution in [-0.4, -0.2) is 92.8 Å². The summed E-state index contributed by atoms with van der Waals surface area (Å²) in [5.41, 5.74) is -0.975. The lowest BCUT2D eigenvalue weighted by Crippen LogP contribution is -2.73. The van der Waals surface area contributed by atoms with Gasteiger partial charge in [0.25, 0.3) is 11.8 Å². The summed E-state index contributed by atoms with van der Waals surface area (Å²) in [6.07, 6.45) is -1.53. The molecule has 40 heavy (non-hydrogen) atoms. The second-order valence-electron chi connectivity index (χ2n) is 9.36. The molecule has 1 fully saturated rings. The van der Waals surface area contributed by atoms with Crippen LogP contribution in [0.4, 0.5) is 9.93 Å². The van der Waals surface area contributed by atoms with Gasteiger partial charge in [0.2, 0.25) is 6.10 Å². The summed E-state index contributed by atoms with van der Waals surface area (Å²) in [4.78, 5) is 72.1. The maximum Gasteiger partial charge on any atom is 0.413 e. The van der Waals surface area contributed by atoms with Gasteiger partial charge in [0.05, 0.1) is 22.2 Å². The van der Waals surface area contributed by atoms with Crippen LogP contribution in [0.3, 0.4) is 0 Å².